The van der Waals surface area contributed by atoms with Gasteiger partial charge in [0.2, 0.25) is 0 Å². The van der Waals surface area contributed by atoms with Gasteiger partial charge in [-0.2, -0.15) is 5.26 Å². The van der Waals surface area contributed by atoms with E-state index in [0.29, 0.717) is 12.0 Å². The first-order valence-corrected chi connectivity index (χ1v) is 7.90. The van der Waals surface area contributed by atoms with Crippen molar-refractivity contribution in [2.45, 2.75) is 57.9 Å². The van der Waals surface area contributed by atoms with Gasteiger partial charge in [0.1, 0.15) is 0 Å². The quantitative estimate of drug-likeness (QED) is 0.708. The Bertz CT molecular complexity index is 320. The zero-order chi connectivity index (χ0) is 12.5. The van der Waals surface area contributed by atoms with Crippen LogP contribution in [0, 0.1) is 35.0 Å². The predicted molar refractivity (Wildman–Crippen MR) is 72.9 cm³/mol. The fourth-order valence-electron chi connectivity index (χ4n) is 4.65. The van der Waals surface area contributed by atoms with Crippen LogP contribution < -0.4 is 0 Å². The summed E-state index contributed by atoms with van der Waals surface area (Å²) < 4.78 is 0. The molecule has 5 atom stereocenters. The normalized spacial score (nSPS) is 45.4. The SMILES string of the molecule is CC1CCC(C#N)C(N2CC3CCCC(C3)C2)C1. The fourth-order valence-corrected chi connectivity index (χ4v) is 4.65. The van der Waals surface area contributed by atoms with Crippen molar-refractivity contribution in [1.82, 2.24) is 4.90 Å². The van der Waals surface area contributed by atoms with Crippen molar-refractivity contribution in [3.05, 3.63) is 0 Å². The van der Waals surface area contributed by atoms with Gasteiger partial charge in [0.05, 0.1) is 12.0 Å². The summed E-state index contributed by atoms with van der Waals surface area (Å²) in [5, 5.41) is 9.40. The van der Waals surface area contributed by atoms with E-state index in [1.165, 1.54) is 51.6 Å². The molecule has 3 fully saturated rings. The maximum absolute atomic E-state index is 9.40. The summed E-state index contributed by atoms with van der Waals surface area (Å²) in [4.78, 5) is 2.71. The zero-order valence-corrected chi connectivity index (χ0v) is 11.6. The lowest BCUT2D eigenvalue weighted by Crippen LogP contribution is -2.51. The van der Waals surface area contributed by atoms with E-state index in [9.17, 15) is 5.26 Å². The predicted octanol–water partition coefficient (Wildman–Crippen LogP) is 3.44. The van der Waals surface area contributed by atoms with Crippen molar-refractivity contribution in [3.63, 3.8) is 0 Å². The first-order valence-electron chi connectivity index (χ1n) is 7.90. The maximum atomic E-state index is 9.40. The Hall–Kier alpha value is -0.550. The lowest BCUT2D eigenvalue weighted by molar-refractivity contribution is 0.0183. The van der Waals surface area contributed by atoms with Crippen LogP contribution in [0.5, 0.6) is 0 Å². The average molecular weight is 246 g/mol. The molecule has 1 saturated heterocycles. The second kappa shape index (κ2) is 5.21. The molecule has 0 aromatic rings. The molecule has 0 radical (unpaired) electrons. The largest absolute Gasteiger partial charge is 0.299 e. The van der Waals surface area contributed by atoms with Gasteiger partial charge >= 0.3 is 0 Å². The van der Waals surface area contributed by atoms with E-state index in [0.717, 1.165) is 24.2 Å². The van der Waals surface area contributed by atoms with Crippen LogP contribution in [0.2, 0.25) is 0 Å². The Labute approximate surface area is 111 Å². The zero-order valence-electron chi connectivity index (χ0n) is 11.6. The standard InChI is InChI=1S/C16H26N2/c1-12-5-6-15(9-17)16(7-12)18-10-13-3-2-4-14(8-13)11-18/h12-16H,2-8,10-11H2,1H3. The molecule has 1 aliphatic heterocycles. The van der Waals surface area contributed by atoms with Crippen LogP contribution in [-0.4, -0.2) is 24.0 Å². The number of hydrogen-bond donors (Lipinski definition) is 0. The molecule has 1 heterocycles. The highest BCUT2D eigenvalue weighted by Gasteiger charge is 2.38. The van der Waals surface area contributed by atoms with E-state index in [-0.39, 0.29) is 0 Å². The number of likely N-dealkylation sites (tertiary alicyclic amines) is 1. The summed E-state index contributed by atoms with van der Waals surface area (Å²) in [6.45, 7) is 4.93. The second-order valence-corrected chi connectivity index (χ2v) is 7.07. The van der Waals surface area contributed by atoms with Crippen LogP contribution >= 0.6 is 0 Å². The van der Waals surface area contributed by atoms with Crippen molar-refractivity contribution in [2.24, 2.45) is 23.7 Å². The fraction of sp³-hybridized carbons (Fsp3) is 0.938. The number of hydrogen-bond acceptors (Lipinski definition) is 2. The Balaban J connectivity index is 1.70. The number of nitrogens with zero attached hydrogens (tertiary/aromatic N) is 2. The van der Waals surface area contributed by atoms with E-state index in [2.05, 4.69) is 17.9 Å². The molecule has 0 spiro atoms. The van der Waals surface area contributed by atoms with E-state index < -0.39 is 0 Å². The Morgan fingerprint density at radius 3 is 2.39 bits per heavy atom. The molecule has 2 aliphatic carbocycles. The van der Waals surface area contributed by atoms with Gasteiger partial charge < -0.3 is 0 Å². The van der Waals surface area contributed by atoms with Crippen LogP contribution in [0.4, 0.5) is 0 Å². The number of rotatable bonds is 1. The van der Waals surface area contributed by atoms with Gasteiger partial charge in [0.15, 0.2) is 0 Å². The molecule has 2 saturated carbocycles. The highest BCUT2D eigenvalue weighted by molar-refractivity contribution is 4.99. The Kier molecular flexibility index (Phi) is 3.61. The van der Waals surface area contributed by atoms with E-state index in [1.54, 1.807) is 0 Å². The van der Waals surface area contributed by atoms with Crippen molar-refractivity contribution >= 4 is 0 Å². The highest BCUT2D eigenvalue weighted by atomic mass is 15.2. The van der Waals surface area contributed by atoms with Crippen molar-refractivity contribution < 1.29 is 0 Å². The van der Waals surface area contributed by atoms with Crippen LogP contribution in [0.15, 0.2) is 0 Å². The van der Waals surface area contributed by atoms with Gasteiger partial charge in [-0.3, -0.25) is 4.90 Å². The molecule has 0 amide bonds. The molecule has 5 unspecified atom stereocenters. The van der Waals surface area contributed by atoms with E-state index in [1.807, 2.05) is 0 Å². The number of piperidine rings is 1. The number of fused-ring (bicyclic) bond motifs is 2. The van der Waals surface area contributed by atoms with Crippen LogP contribution in [0.25, 0.3) is 0 Å². The van der Waals surface area contributed by atoms with Crippen LogP contribution in [0.1, 0.15) is 51.9 Å². The smallest absolute Gasteiger partial charge is 0.0672 e. The topological polar surface area (TPSA) is 27.0 Å². The van der Waals surface area contributed by atoms with Crippen molar-refractivity contribution in [2.75, 3.05) is 13.1 Å². The Morgan fingerprint density at radius 2 is 1.72 bits per heavy atom. The molecule has 0 aromatic carbocycles. The van der Waals surface area contributed by atoms with Crippen LogP contribution in [0.3, 0.4) is 0 Å². The number of nitriles is 1. The molecule has 3 aliphatic rings. The molecule has 18 heavy (non-hydrogen) atoms. The lowest BCUT2D eigenvalue weighted by Gasteiger charge is -2.47. The first-order chi connectivity index (χ1) is 8.76. The van der Waals surface area contributed by atoms with E-state index >= 15 is 0 Å². The molecule has 100 valence electrons. The lowest BCUT2D eigenvalue weighted by atomic mass is 9.74. The summed E-state index contributed by atoms with van der Waals surface area (Å²) in [5.41, 5.74) is 0. The molecule has 2 bridgehead atoms. The monoisotopic (exact) mass is 246 g/mol. The molecule has 3 rings (SSSR count). The summed E-state index contributed by atoms with van der Waals surface area (Å²) in [7, 11) is 0. The minimum absolute atomic E-state index is 0.306. The molecule has 0 N–H and O–H groups in total. The highest BCUT2D eigenvalue weighted by Crippen LogP contribution is 2.39. The average Bonchev–Trinajstić information content (AvgIpc) is 2.38. The first kappa shape index (κ1) is 12.5. The van der Waals surface area contributed by atoms with E-state index in [4.69, 9.17) is 0 Å². The minimum atomic E-state index is 0.306. The molecule has 2 nitrogen and oxygen atoms in total. The Morgan fingerprint density at radius 1 is 1.00 bits per heavy atom. The van der Waals surface area contributed by atoms with Gasteiger partial charge in [0.25, 0.3) is 0 Å². The van der Waals surface area contributed by atoms with Gasteiger partial charge in [-0.05, 0) is 56.3 Å². The maximum Gasteiger partial charge on any atom is 0.0672 e. The third-order valence-corrected chi connectivity index (χ3v) is 5.59. The van der Waals surface area contributed by atoms with Crippen molar-refractivity contribution in [3.8, 4) is 6.07 Å². The van der Waals surface area contributed by atoms with Gasteiger partial charge in [-0.25, -0.2) is 0 Å². The summed E-state index contributed by atoms with van der Waals surface area (Å²) in [6.07, 6.45) is 9.45. The van der Waals surface area contributed by atoms with Crippen LogP contribution in [-0.2, 0) is 0 Å². The summed E-state index contributed by atoms with van der Waals surface area (Å²) >= 11 is 0. The molecule has 0 aromatic heterocycles. The third-order valence-electron chi connectivity index (χ3n) is 5.59. The summed E-state index contributed by atoms with van der Waals surface area (Å²) in [5.74, 6) is 3.00. The van der Waals surface area contributed by atoms with Gasteiger partial charge in [-0.1, -0.05) is 13.3 Å². The molecule has 2 heteroatoms. The molecular formula is C16H26N2. The molecular weight excluding hydrogens is 220 g/mol. The van der Waals surface area contributed by atoms with Gasteiger partial charge in [0, 0.05) is 19.1 Å². The van der Waals surface area contributed by atoms with Crippen molar-refractivity contribution in [1.29, 1.82) is 5.26 Å². The van der Waals surface area contributed by atoms with Gasteiger partial charge in [-0.15, -0.1) is 0 Å². The second-order valence-electron chi connectivity index (χ2n) is 7.07. The third kappa shape index (κ3) is 2.43. The minimum Gasteiger partial charge on any atom is -0.299 e. The summed E-state index contributed by atoms with van der Waals surface area (Å²) in [6, 6.07) is 3.17.